The summed E-state index contributed by atoms with van der Waals surface area (Å²) in [5, 5.41) is 4.01. The molecule has 1 aliphatic rings. The Morgan fingerprint density at radius 2 is 2.05 bits per heavy atom. The summed E-state index contributed by atoms with van der Waals surface area (Å²) < 4.78 is 15.9. The summed E-state index contributed by atoms with van der Waals surface area (Å²) in [5.74, 6) is 2.33. The van der Waals surface area contributed by atoms with Gasteiger partial charge in [0.05, 0.1) is 19.5 Å². The monoisotopic (exact) mass is 298 g/mol. The van der Waals surface area contributed by atoms with Gasteiger partial charge < -0.3 is 18.6 Å². The summed E-state index contributed by atoms with van der Waals surface area (Å²) in [6.45, 7) is 3.11. The highest BCUT2D eigenvalue weighted by Crippen LogP contribution is 2.24. The van der Waals surface area contributed by atoms with Gasteiger partial charge in [0, 0.05) is 24.8 Å². The molecule has 112 valence electrons. The molecule has 0 amide bonds. The van der Waals surface area contributed by atoms with Crippen LogP contribution >= 0.6 is 0 Å². The number of hydrogen-bond acceptors (Lipinski definition) is 7. The zero-order valence-corrected chi connectivity index (χ0v) is 11.8. The second-order valence-electron chi connectivity index (χ2n) is 4.90. The molecule has 1 fully saturated rings. The smallest absolute Gasteiger partial charge is 0.293 e. The molecule has 0 atom stereocenters. The van der Waals surface area contributed by atoms with Gasteiger partial charge >= 0.3 is 0 Å². The summed E-state index contributed by atoms with van der Waals surface area (Å²) in [4.78, 5) is 11.0. The number of rotatable bonds is 3. The Balaban J connectivity index is 1.62. The van der Waals surface area contributed by atoms with E-state index < -0.39 is 0 Å². The van der Waals surface area contributed by atoms with Crippen LogP contribution in [0.25, 0.3) is 23.0 Å². The van der Waals surface area contributed by atoms with Crippen molar-refractivity contribution >= 4 is 5.82 Å². The van der Waals surface area contributed by atoms with Gasteiger partial charge in [-0.3, -0.25) is 0 Å². The maximum atomic E-state index is 5.36. The number of hydrogen-bond donors (Lipinski definition) is 0. The van der Waals surface area contributed by atoms with E-state index in [4.69, 9.17) is 13.7 Å². The van der Waals surface area contributed by atoms with E-state index in [1.807, 2.05) is 12.1 Å². The standard InChI is InChI=1S/C15H14N4O3/c1-2-12(21-7-1)15-17-14(18-22-15)11-3-4-16-13(10-11)19-5-8-20-9-6-19/h1-4,7,10H,5-6,8-9H2. The Bertz CT molecular complexity index is 748. The second kappa shape index (κ2) is 5.61. The van der Waals surface area contributed by atoms with Crippen molar-refractivity contribution in [2.45, 2.75) is 0 Å². The summed E-state index contributed by atoms with van der Waals surface area (Å²) >= 11 is 0. The number of nitrogens with zero attached hydrogens (tertiary/aromatic N) is 4. The lowest BCUT2D eigenvalue weighted by Crippen LogP contribution is -2.36. The van der Waals surface area contributed by atoms with Crippen molar-refractivity contribution in [1.82, 2.24) is 15.1 Å². The normalized spacial score (nSPS) is 15.2. The first-order valence-corrected chi connectivity index (χ1v) is 7.07. The summed E-state index contributed by atoms with van der Waals surface area (Å²) in [5.41, 5.74) is 0.859. The first kappa shape index (κ1) is 13.0. The summed E-state index contributed by atoms with van der Waals surface area (Å²) in [6.07, 6.45) is 3.32. The van der Waals surface area contributed by atoms with Gasteiger partial charge in [-0.1, -0.05) is 5.16 Å². The largest absolute Gasteiger partial charge is 0.459 e. The van der Waals surface area contributed by atoms with Crippen LogP contribution in [0, 0.1) is 0 Å². The zero-order chi connectivity index (χ0) is 14.8. The van der Waals surface area contributed by atoms with Gasteiger partial charge in [0.25, 0.3) is 5.89 Å². The van der Waals surface area contributed by atoms with E-state index in [0.717, 1.165) is 37.7 Å². The fraction of sp³-hybridized carbons (Fsp3) is 0.267. The molecular formula is C15H14N4O3. The van der Waals surface area contributed by atoms with Crippen molar-refractivity contribution in [2.75, 3.05) is 31.2 Å². The highest BCUT2D eigenvalue weighted by molar-refractivity contribution is 5.61. The maximum absolute atomic E-state index is 5.36. The fourth-order valence-corrected chi connectivity index (χ4v) is 2.36. The third kappa shape index (κ3) is 2.46. The molecule has 3 aromatic rings. The van der Waals surface area contributed by atoms with Gasteiger partial charge in [0.1, 0.15) is 5.82 Å². The minimum atomic E-state index is 0.365. The maximum Gasteiger partial charge on any atom is 0.293 e. The molecule has 0 bridgehead atoms. The molecule has 0 unspecified atom stereocenters. The second-order valence-corrected chi connectivity index (χ2v) is 4.90. The van der Waals surface area contributed by atoms with Crippen LogP contribution in [0.5, 0.6) is 0 Å². The van der Waals surface area contributed by atoms with Crippen molar-refractivity contribution in [3.63, 3.8) is 0 Å². The van der Waals surface area contributed by atoms with Crippen LogP contribution in [0.15, 0.2) is 45.7 Å². The lowest BCUT2D eigenvalue weighted by molar-refractivity contribution is 0.122. The number of furan rings is 1. The molecule has 0 aliphatic carbocycles. The van der Waals surface area contributed by atoms with E-state index in [1.165, 1.54) is 0 Å². The van der Waals surface area contributed by atoms with Crippen LogP contribution in [0.4, 0.5) is 5.82 Å². The van der Waals surface area contributed by atoms with Crippen molar-refractivity contribution in [2.24, 2.45) is 0 Å². The van der Waals surface area contributed by atoms with Crippen molar-refractivity contribution in [3.8, 4) is 23.0 Å². The predicted molar refractivity (Wildman–Crippen MR) is 78.3 cm³/mol. The summed E-state index contributed by atoms with van der Waals surface area (Å²) in [7, 11) is 0. The molecule has 4 rings (SSSR count). The third-order valence-electron chi connectivity index (χ3n) is 3.50. The van der Waals surface area contributed by atoms with Crippen LogP contribution < -0.4 is 4.90 Å². The van der Waals surface area contributed by atoms with Crippen LogP contribution in [-0.4, -0.2) is 41.4 Å². The molecular weight excluding hydrogens is 284 g/mol. The Labute approximate surface area is 126 Å². The van der Waals surface area contributed by atoms with E-state index in [1.54, 1.807) is 24.6 Å². The van der Waals surface area contributed by atoms with Gasteiger partial charge in [-0.05, 0) is 24.3 Å². The SMILES string of the molecule is c1coc(-c2nc(-c3ccnc(N4CCOCC4)c3)no2)c1. The number of aromatic nitrogens is 3. The third-order valence-corrected chi connectivity index (χ3v) is 3.50. The molecule has 7 nitrogen and oxygen atoms in total. The van der Waals surface area contributed by atoms with Crippen molar-refractivity contribution in [1.29, 1.82) is 0 Å². The number of pyridine rings is 1. The first-order chi connectivity index (χ1) is 10.9. The van der Waals surface area contributed by atoms with Crippen LogP contribution in [-0.2, 0) is 4.74 Å². The van der Waals surface area contributed by atoms with Gasteiger partial charge in [-0.25, -0.2) is 4.98 Å². The van der Waals surface area contributed by atoms with Gasteiger partial charge in [0.15, 0.2) is 5.76 Å². The van der Waals surface area contributed by atoms with Gasteiger partial charge in [-0.2, -0.15) is 4.98 Å². The van der Waals surface area contributed by atoms with E-state index in [9.17, 15) is 0 Å². The topological polar surface area (TPSA) is 77.4 Å². The molecule has 3 aromatic heterocycles. The zero-order valence-electron chi connectivity index (χ0n) is 11.8. The van der Waals surface area contributed by atoms with Crippen molar-refractivity contribution < 1.29 is 13.7 Å². The molecule has 1 saturated heterocycles. The Morgan fingerprint density at radius 1 is 1.14 bits per heavy atom. The Morgan fingerprint density at radius 3 is 2.86 bits per heavy atom. The molecule has 22 heavy (non-hydrogen) atoms. The molecule has 1 aliphatic heterocycles. The Kier molecular flexibility index (Phi) is 3.32. The van der Waals surface area contributed by atoms with Gasteiger partial charge in [-0.15, -0.1) is 0 Å². The highest BCUT2D eigenvalue weighted by Gasteiger charge is 2.16. The average molecular weight is 298 g/mol. The lowest BCUT2D eigenvalue weighted by atomic mass is 10.2. The molecule has 4 heterocycles. The van der Waals surface area contributed by atoms with Crippen LogP contribution in [0.3, 0.4) is 0 Å². The van der Waals surface area contributed by atoms with Crippen LogP contribution in [0.2, 0.25) is 0 Å². The molecule has 0 saturated carbocycles. The van der Waals surface area contributed by atoms with Crippen molar-refractivity contribution in [3.05, 3.63) is 36.7 Å². The van der Waals surface area contributed by atoms with E-state index in [0.29, 0.717) is 17.5 Å². The Hall–Kier alpha value is -2.67. The molecule has 0 aromatic carbocycles. The fourth-order valence-electron chi connectivity index (χ4n) is 2.36. The van der Waals surface area contributed by atoms with E-state index >= 15 is 0 Å². The molecule has 0 spiro atoms. The van der Waals surface area contributed by atoms with Gasteiger partial charge in [0.2, 0.25) is 5.82 Å². The minimum Gasteiger partial charge on any atom is -0.459 e. The quantitative estimate of drug-likeness (QED) is 0.733. The van der Waals surface area contributed by atoms with Crippen LogP contribution in [0.1, 0.15) is 0 Å². The first-order valence-electron chi connectivity index (χ1n) is 7.07. The average Bonchev–Trinajstić information content (AvgIpc) is 3.27. The molecule has 0 radical (unpaired) electrons. The summed E-state index contributed by atoms with van der Waals surface area (Å²) in [6, 6.07) is 7.38. The molecule has 7 heteroatoms. The van der Waals surface area contributed by atoms with E-state index in [-0.39, 0.29) is 0 Å². The highest BCUT2D eigenvalue weighted by atomic mass is 16.5. The number of anilines is 1. The minimum absolute atomic E-state index is 0.365. The van der Waals surface area contributed by atoms with E-state index in [2.05, 4.69) is 20.0 Å². The predicted octanol–water partition coefficient (Wildman–Crippen LogP) is 2.23. The lowest BCUT2D eigenvalue weighted by Gasteiger charge is -2.27. The molecule has 0 N–H and O–H groups in total. The number of morpholine rings is 1. The number of ether oxygens (including phenoxy) is 1.